The summed E-state index contributed by atoms with van der Waals surface area (Å²) >= 11 is 1.64. The van der Waals surface area contributed by atoms with Gasteiger partial charge in [-0.15, -0.1) is 21.5 Å². The van der Waals surface area contributed by atoms with Crippen LogP contribution in [0.15, 0.2) is 54.6 Å². The number of nitrogens with two attached hydrogens (primary N) is 1. The molecule has 10 heteroatoms. The largest absolute Gasteiger partial charge is 0.480 e. The lowest BCUT2D eigenvalue weighted by Crippen LogP contribution is -2.42. The van der Waals surface area contributed by atoms with Gasteiger partial charge in [-0.25, -0.2) is 8.78 Å². The molecule has 0 atom stereocenters. The van der Waals surface area contributed by atoms with Crippen LogP contribution in [0.25, 0.3) is 10.4 Å². The highest BCUT2D eigenvalue weighted by atomic mass is 32.1. The SMILES string of the molecule is COc1ccc(N2Cc3c(sc(-c4ccc(N)cc4)c3CN(C)C)N(Cc3c(F)cccc3F)C2)nn1. The lowest BCUT2D eigenvalue weighted by Gasteiger charge is -2.37. The summed E-state index contributed by atoms with van der Waals surface area (Å²) in [5.41, 5.74) is 10.0. The van der Waals surface area contributed by atoms with Gasteiger partial charge in [0.1, 0.15) is 11.6 Å². The normalized spacial score (nSPS) is 13.2. The van der Waals surface area contributed by atoms with Crippen LogP contribution < -0.4 is 20.3 Å². The Morgan fingerprint density at radius 3 is 2.35 bits per heavy atom. The van der Waals surface area contributed by atoms with Crippen LogP contribution in [0, 0.1) is 11.6 Å². The Kier molecular flexibility index (Phi) is 6.94. The van der Waals surface area contributed by atoms with Gasteiger partial charge in [0.2, 0.25) is 5.88 Å². The molecule has 0 amide bonds. The number of fused-ring (bicyclic) bond motifs is 1. The lowest BCUT2D eigenvalue weighted by molar-refractivity contribution is 0.391. The van der Waals surface area contributed by atoms with E-state index in [9.17, 15) is 8.78 Å². The number of anilines is 3. The van der Waals surface area contributed by atoms with E-state index in [0.717, 1.165) is 21.0 Å². The fourth-order valence-corrected chi connectivity index (χ4v) is 5.83. The zero-order valence-electron chi connectivity index (χ0n) is 20.9. The minimum absolute atomic E-state index is 0.0349. The van der Waals surface area contributed by atoms with Gasteiger partial charge in [0.15, 0.2) is 5.82 Å². The molecule has 0 fully saturated rings. The highest BCUT2D eigenvalue weighted by molar-refractivity contribution is 7.19. The summed E-state index contributed by atoms with van der Waals surface area (Å²) in [6.07, 6.45) is 0. The summed E-state index contributed by atoms with van der Waals surface area (Å²) in [5, 5.41) is 9.46. The number of aromatic nitrogens is 2. The summed E-state index contributed by atoms with van der Waals surface area (Å²) in [6.45, 7) is 1.76. The molecule has 1 aliphatic rings. The second-order valence-electron chi connectivity index (χ2n) is 9.22. The molecule has 7 nitrogen and oxygen atoms in total. The highest BCUT2D eigenvalue weighted by Crippen LogP contribution is 2.46. The molecule has 0 unspecified atom stereocenters. The van der Waals surface area contributed by atoms with Crippen molar-refractivity contribution in [3.8, 4) is 16.3 Å². The van der Waals surface area contributed by atoms with Crippen LogP contribution in [-0.2, 0) is 19.6 Å². The number of thiophene rings is 1. The number of benzene rings is 2. The fourth-order valence-electron chi connectivity index (χ4n) is 4.51. The van der Waals surface area contributed by atoms with Gasteiger partial charge in [0.25, 0.3) is 0 Å². The van der Waals surface area contributed by atoms with E-state index in [0.29, 0.717) is 37.1 Å². The van der Waals surface area contributed by atoms with E-state index in [1.165, 1.54) is 23.8 Å². The van der Waals surface area contributed by atoms with Gasteiger partial charge in [0, 0.05) is 40.8 Å². The van der Waals surface area contributed by atoms with Crippen molar-refractivity contribution in [2.45, 2.75) is 19.6 Å². The average molecular weight is 523 g/mol. The van der Waals surface area contributed by atoms with Crippen LogP contribution in [-0.4, -0.2) is 43.0 Å². The molecule has 0 saturated heterocycles. The quantitative estimate of drug-likeness (QED) is 0.338. The molecule has 2 N–H and O–H groups in total. The zero-order chi connectivity index (χ0) is 26.1. The topological polar surface area (TPSA) is 70.8 Å². The molecule has 0 bridgehead atoms. The molecule has 192 valence electrons. The maximum Gasteiger partial charge on any atom is 0.233 e. The molecule has 1 aliphatic heterocycles. The smallest absolute Gasteiger partial charge is 0.233 e. The number of nitrogens with zero attached hydrogens (tertiary/aromatic N) is 5. The van der Waals surface area contributed by atoms with Crippen LogP contribution in [0.3, 0.4) is 0 Å². The van der Waals surface area contributed by atoms with E-state index in [2.05, 4.69) is 20.0 Å². The molecule has 2 aromatic carbocycles. The Balaban J connectivity index is 1.63. The molecule has 0 spiro atoms. The maximum atomic E-state index is 14.7. The minimum atomic E-state index is -0.563. The van der Waals surface area contributed by atoms with E-state index in [1.807, 2.05) is 49.3 Å². The van der Waals surface area contributed by atoms with E-state index in [-0.39, 0.29) is 12.1 Å². The molecule has 0 aliphatic carbocycles. The fraction of sp³-hybridized carbons (Fsp3) is 0.259. The van der Waals surface area contributed by atoms with Gasteiger partial charge < -0.3 is 25.2 Å². The third-order valence-electron chi connectivity index (χ3n) is 6.29. The number of hydrogen-bond acceptors (Lipinski definition) is 8. The molecule has 5 rings (SSSR count). The second-order valence-corrected chi connectivity index (χ2v) is 10.2. The number of nitrogen functional groups attached to an aromatic ring is 1. The van der Waals surface area contributed by atoms with Crippen molar-refractivity contribution in [2.24, 2.45) is 0 Å². The van der Waals surface area contributed by atoms with Crippen LogP contribution in [0.5, 0.6) is 5.88 Å². The molecule has 4 aromatic rings. The first-order valence-electron chi connectivity index (χ1n) is 11.8. The van der Waals surface area contributed by atoms with Crippen LogP contribution in [0.2, 0.25) is 0 Å². The second kappa shape index (κ2) is 10.3. The minimum Gasteiger partial charge on any atom is -0.480 e. The molecule has 2 aromatic heterocycles. The standard InChI is InChI=1S/C27H28F2N6OS/c1-33(2)13-19-20-14-34(24-11-12-25(36-3)32-31-24)16-35(15-21-22(28)5-4-6-23(21)29)27(20)37-26(19)17-7-9-18(30)10-8-17/h4-12H,13-16,30H2,1-3H3. The Hall–Kier alpha value is -3.76. The van der Waals surface area contributed by atoms with Crippen molar-refractivity contribution in [1.82, 2.24) is 15.1 Å². The molecule has 3 heterocycles. The maximum absolute atomic E-state index is 14.7. The highest BCUT2D eigenvalue weighted by Gasteiger charge is 2.31. The van der Waals surface area contributed by atoms with Crippen molar-refractivity contribution in [3.63, 3.8) is 0 Å². The predicted molar refractivity (Wildman–Crippen MR) is 144 cm³/mol. The van der Waals surface area contributed by atoms with Gasteiger partial charge in [-0.2, -0.15) is 0 Å². The van der Waals surface area contributed by atoms with Crippen molar-refractivity contribution in [2.75, 3.05) is 43.4 Å². The first-order valence-corrected chi connectivity index (χ1v) is 12.6. The average Bonchev–Trinajstić information content (AvgIpc) is 3.24. The number of rotatable bonds is 7. The Morgan fingerprint density at radius 1 is 1.00 bits per heavy atom. The van der Waals surface area contributed by atoms with Gasteiger partial charge in [-0.3, -0.25) is 0 Å². The number of halogens is 2. The molecule has 0 radical (unpaired) electrons. The van der Waals surface area contributed by atoms with E-state index >= 15 is 0 Å². The first-order chi connectivity index (χ1) is 17.8. The summed E-state index contributed by atoms with van der Waals surface area (Å²) in [5.74, 6) is -0.0545. The van der Waals surface area contributed by atoms with E-state index in [1.54, 1.807) is 24.5 Å². The van der Waals surface area contributed by atoms with E-state index < -0.39 is 11.6 Å². The van der Waals surface area contributed by atoms with Crippen molar-refractivity contribution >= 4 is 27.8 Å². The molecular weight excluding hydrogens is 494 g/mol. The summed E-state index contributed by atoms with van der Waals surface area (Å²) in [4.78, 5) is 7.31. The van der Waals surface area contributed by atoms with Gasteiger partial charge >= 0.3 is 0 Å². The molecule has 37 heavy (non-hydrogen) atoms. The lowest BCUT2D eigenvalue weighted by atomic mass is 10.0. The Morgan fingerprint density at radius 2 is 1.73 bits per heavy atom. The van der Waals surface area contributed by atoms with Crippen molar-refractivity contribution < 1.29 is 13.5 Å². The van der Waals surface area contributed by atoms with Crippen molar-refractivity contribution in [1.29, 1.82) is 0 Å². The third-order valence-corrected chi connectivity index (χ3v) is 7.67. The predicted octanol–water partition coefficient (Wildman–Crippen LogP) is 5.12. The Labute approximate surface area is 218 Å². The van der Waals surface area contributed by atoms with Gasteiger partial charge in [-0.1, -0.05) is 18.2 Å². The number of hydrogen-bond donors (Lipinski definition) is 1. The van der Waals surface area contributed by atoms with Gasteiger partial charge in [0.05, 0.1) is 25.3 Å². The van der Waals surface area contributed by atoms with Crippen LogP contribution >= 0.6 is 11.3 Å². The number of ether oxygens (including phenoxy) is 1. The Bertz CT molecular complexity index is 1370. The van der Waals surface area contributed by atoms with Crippen LogP contribution in [0.1, 0.15) is 16.7 Å². The summed E-state index contributed by atoms with van der Waals surface area (Å²) < 4.78 is 34.6. The van der Waals surface area contributed by atoms with Gasteiger partial charge in [-0.05, 0) is 55.6 Å². The first kappa shape index (κ1) is 24.9. The van der Waals surface area contributed by atoms with Crippen LogP contribution in [0.4, 0.5) is 25.3 Å². The summed E-state index contributed by atoms with van der Waals surface area (Å²) in [6, 6.07) is 15.4. The number of methoxy groups -OCH3 is 1. The molecular formula is C27H28F2N6OS. The molecule has 0 saturated carbocycles. The monoisotopic (exact) mass is 522 g/mol. The summed E-state index contributed by atoms with van der Waals surface area (Å²) in [7, 11) is 5.59. The van der Waals surface area contributed by atoms with E-state index in [4.69, 9.17) is 10.5 Å². The zero-order valence-corrected chi connectivity index (χ0v) is 21.7. The third kappa shape index (κ3) is 5.07. The van der Waals surface area contributed by atoms with Crippen molar-refractivity contribution in [3.05, 3.63) is 82.9 Å².